The predicted octanol–water partition coefficient (Wildman–Crippen LogP) is 2.96. The van der Waals surface area contributed by atoms with Gasteiger partial charge in [0.05, 0.1) is 6.10 Å². The Bertz CT molecular complexity index is 1020. The zero-order valence-electron chi connectivity index (χ0n) is 23.4. The van der Waals surface area contributed by atoms with E-state index in [4.69, 9.17) is 4.74 Å². The lowest BCUT2D eigenvalue weighted by molar-refractivity contribution is -0.139. The summed E-state index contributed by atoms with van der Waals surface area (Å²) in [7, 11) is 0. The molecule has 1 saturated carbocycles. The summed E-state index contributed by atoms with van der Waals surface area (Å²) >= 11 is 0. The van der Waals surface area contributed by atoms with Gasteiger partial charge in [-0.2, -0.15) is 0 Å². The van der Waals surface area contributed by atoms with Gasteiger partial charge in [-0.1, -0.05) is 40.5 Å². The number of fused-ring (bicyclic) bond motifs is 1. The summed E-state index contributed by atoms with van der Waals surface area (Å²) in [5.74, 6) is -0.215. The average Bonchev–Trinajstić information content (AvgIpc) is 3.66. The molecule has 3 heterocycles. The lowest BCUT2D eigenvalue weighted by atomic mass is 9.78. The highest BCUT2D eigenvalue weighted by molar-refractivity contribution is 5.99. The van der Waals surface area contributed by atoms with E-state index in [0.29, 0.717) is 12.1 Å². The number of hydrogen-bond donors (Lipinski definition) is 1. The third kappa shape index (κ3) is 5.34. The van der Waals surface area contributed by atoms with Crippen LogP contribution >= 0.6 is 0 Å². The molecule has 1 aromatic rings. The van der Waals surface area contributed by atoms with Crippen LogP contribution in [-0.2, 0) is 14.3 Å². The number of nitrogens with zero attached hydrogens (tertiary/aromatic N) is 3. The molecule has 1 aliphatic carbocycles. The first-order valence-electron chi connectivity index (χ1n) is 14.5. The quantitative estimate of drug-likeness (QED) is 0.616. The lowest BCUT2D eigenvalue weighted by Gasteiger charge is -2.35. The molecule has 0 spiro atoms. The molecular weight excluding hydrogens is 480 g/mol. The van der Waals surface area contributed by atoms with Crippen LogP contribution in [0.4, 0.5) is 5.69 Å². The molecule has 1 aromatic carbocycles. The van der Waals surface area contributed by atoms with Gasteiger partial charge in [0.2, 0.25) is 5.91 Å². The van der Waals surface area contributed by atoms with Crippen molar-refractivity contribution in [2.45, 2.75) is 71.6 Å². The van der Waals surface area contributed by atoms with Crippen LogP contribution in [-0.4, -0.2) is 91.5 Å². The SMILES string of the molecule is CCN1CCN(c2ccc(C(=O)N[C@H](C(=O)N3C[C@H](C(C)(C)C)[C@H]4OCC(=O)[C@H]43)C3CCCC3)cc2)CC1. The van der Waals surface area contributed by atoms with Crippen LogP contribution in [0, 0.1) is 17.3 Å². The highest BCUT2D eigenvalue weighted by atomic mass is 16.5. The van der Waals surface area contributed by atoms with Crippen LogP contribution in [0.2, 0.25) is 0 Å². The number of likely N-dealkylation sites (N-methyl/N-ethyl adjacent to an activating group) is 1. The number of carbonyl (C=O) groups is 3. The van der Waals surface area contributed by atoms with Gasteiger partial charge in [-0.25, -0.2) is 0 Å². The van der Waals surface area contributed by atoms with Crippen molar-refractivity contribution < 1.29 is 19.1 Å². The molecule has 0 aromatic heterocycles. The third-order valence-electron chi connectivity index (χ3n) is 9.32. The molecule has 208 valence electrons. The summed E-state index contributed by atoms with van der Waals surface area (Å²) in [4.78, 5) is 46.8. The molecular formula is C30H44N4O4. The van der Waals surface area contributed by atoms with Crippen LogP contribution < -0.4 is 10.2 Å². The average molecular weight is 525 g/mol. The first kappa shape index (κ1) is 27.1. The zero-order chi connectivity index (χ0) is 27.0. The normalized spacial score (nSPS) is 27.6. The Labute approximate surface area is 227 Å². The number of ketones is 1. The number of benzene rings is 1. The van der Waals surface area contributed by atoms with Gasteiger partial charge in [0, 0.05) is 49.9 Å². The van der Waals surface area contributed by atoms with Gasteiger partial charge in [-0.05, 0) is 55.0 Å². The summed E-state index contributed by atoms with van der Waals surface area (Å²) in [6.45, 7) is 14.3. The molecule has 4 atom stereocenters. The number of nitrogens with one attached hydrogen (secondary N) is 1. The molecule has 8 heteroatoms. The molecule has 0 radical (unpaired) electrons. The van der Waals surface area contributed by atoms with Crippen molar-refractivity contribution in [2.24, 2.45) is 17.3 Å². The topological polar surface area (TPSA) is 82.2 Å². The van der Waals surface area contributed by atoms with Gasteiger partial charge in [0.1, 0.15) is 18.7 Å². The van der Waals surface area contributed by atoms with E-state index in [0.717, 1.165) is 64.1 Å². The van der Waals surface area contributed by atoms with Gasteiger partial charge in [0.25, 0.3) is 5.91 Å². The van der Waals surface area contributed by atoms with Crippen LogP contribution in [0.1, 0.15) is 63.7 Å². The Morgan fingerprint density at radius 3 is 2.32 bits per heavy atom. The number of rotatable bonds is 6. The van der Waals surface area contributed by atoms with E-state index in [1.54, 1.807) is 4.90 Å². The minimum absolute atomic E-state index is 0.0260. The molecule has 3 aliphatic heterocycles. The van der Waals surface area contributed by atoms with Crippen molar-refractivity contribution in [1.29, 1.82) is 0 Å². The Hall–Kier alpha value is -2.45. The van der Waals surface area contributed by atoms with E-state index in [2.05, 4.69) is 42.8 Å². The standard InChI is InChI=1S/C30H44N4O4/c1-5-32-14-16-33(17-15-32)22-12-10-21(11-13-22)28(36)31-25(20-8-6-7-9-20)29(37)34-18-23(30(2,3)4)27-26(34)24(35)19-38-27/h10-13,20,23,25-27H,5-9,14-19H2,1-4H3,(H,31,36)/t23-,25-,26+,27+/m0/s1. The Morgan fingerprint density at radius 1 is 1.05 bits per heavy atom. The largest absolute Gasteiger partial charge is 0.369 e. The van der Waals surface area contributed by atoms with E-state index in [1.165, 1.54) is 0 Å². The Morgan fingerprint density at radius 2 is 1.71 bits per heavy atom. The monoisotopic (exact) mass is 524 g/mol. The van der Waals surface area contributed by atoms with Crippen LogP contribution in [0.5, 0.6) is 0 Å². The number of likely N-dealkylation sites (tertiary alicyclic amines) is 1. The van der Waals surface area contributed by atoms with Gasteiger partial charge in [0.15, 0.2) is 5.78 Å². The number of amides is 2. The van der Waals surface area contributed by atoms with Crippen molar-refractivity contribution in [3.05, 3.63) is 29.8 Å². The van der Waals surface area contributed by atoms with Gasteiger partial charge in [-0.3, -0.25) is 14.4 Å². The second-order valence-corrected chi connectivity index (χ2v) is 12.6. The summed E-state index contributed by atoms with van der Waals surface area (Å²) in [5, 5.41) is 3.11. The number of ether oxygens (including phenoxy) is 1. The second-order valence-electron chi connectivity index (χ2n) is 12.6. The first-order valence-corrected chi connectivity index (χ1v) is 14.5. The van der Waals surface area contributed by atoms with E-state index >= 15 is 0 Å². The van der Waals surface area contributed by atoms with E-state index < -0.39 is 12.1 Å². The molecule has 1 N–H and O–H groups in total. The van der Waals surface area contributed by atoms with Crippen molar-refractivity contribution in [3.63, 3.8) is 0 Å². The minimum Gasteiger partial charge on any atom is -0.369 e. The summed E-state index contributed by atoms with van der Waals surface area (Å²) in [6.07, 6.45) is 3.67. The number of anilines is 1. The maximum Gasteiger partial charge on any atom is 0.251 e. The van der Waals surface area contributed by atoms with Gasteiger partial charge < -0.3 is 24.8 Å². The number of hydrogen-bond acceptors (Lipinski definition) is 6. The van der Waals surface area contributed by atoms with Crippen molar-refractivity contribution in [1.82, 2.24) is 15.1 Å². The molecule has 8 nitrogen and oxygen atoms in total. The Balaban J connectivity index is 1.31. The summed E-state index contributed by atoms with van der Waals surface area (Å²) in [5.41, 5.74) is 1.58. The van der Waals surface area contributed by atoms with Crippen LogP contribution in [0.3, 0.4) is 0 Å². The molecule has 5 rings (SSSR count). The summed E-state index contributed by atoms with van der Waals surface area (Å²) in [6, 6.07) is 6.58. The van der Waals surface area contributed by atoms with Gasteiger partial charge >= 0.3 is 0 Å². The van der Waals surface area contributed by atoms with Crippen molar-refractivity contribution in [2.75, 3.05) is 50.8 Å². The lowest BCUT2D eigenvalue weighted by Crippen LogP contribution is -2.54. The van der Waals surface area contributed by atoms with Gasteiger partial charge in [-0.15, -0.1) is 0 Å². The molecule has 3 saturated heterocycles. The highest BCUT2D eigenvalue weighted by Crippen LogP contribution is 2.42. The van der Waals surface area contributed by atoms with Crippen LogP contribution in [0.25, 0.3) is 0 Å². The van der Waals surface area contributed by atoms with Crippen molar-refractivity contribution in [3.8, 4) is 0 Å². The number of Topliss-reactive ketones (excluding diaryl/α,β-unsaturated/α-hetero) is 1. The van der Waals surface area contributed by atoms with E-state index in [9.17, 15) is 14.4 Å². The fraction of sp³-hybridized carbons (Fsp3) is 0.700. The fourth-order valence-electron chi connectivity index (χ4n) is 6.87. The second kappa shape index (κ2) is 11.0. The van der Waals surface area contributed by atoms with Crippen molar-refractivity contribution >= 4 is 23.3 Å². The molecule has 0 unspecified atom stereocenters. The van der Waals surface area contributed by atoms with E-state index in [1.807, 2.05) is 24.3 Å². The maximum atomic E-state index is 14.1. The fourth-order valence-corrected chi connectivity index (χ4v) is 6.87. The minimum atomic E-state index is -0.625. The van der Waals surface area contributed by atoms with E-state index in [-0.39, 0.29) is 47.6 Å². The number of piperazine rings is 1. The molecule has 2 amide bonds. The molecule has 4 fully saturated rings. The first-order chi connectivity index (χ1) is 18.2. The van der Waals surface area contributed by atoms with Crippen LogP contribution in [0.15, 0.2) is 24.3 Å². The molecule has 4 aliphatic rings. The highest BCUT2D eigenvalue weighted by Gasteiger charge is 2.56. The molecule has 0 bridgehead atoms. The number of carbonyl (C=O) groups excluding carboxylic acids is 3. The smallest absolute Gasteiger partial charge is 0.251 e. The predicted molar refractivity (Wildman–Crippen MR) is 147 cm³/mol. The maximum absolute atomic E-state index is 14.1. The summed E-state index contributed by atoms with van der Waals surface area (Å²) < 4.78 is 5.90. The Kier molecular flexibility index (Phi) is 7.83. The third-order valence-corrected chi connectivity index (χ3v) is 9.32. The molecule has 38 heavy (non-hydrogen) atoms. The zero-order valence-corrected chi connectivity index (χ0v) is 23.4.